The molecule has 0 saturated carbocycles. The maximum atomic E-state index is 12.9. The number of fused-ring (bicyclic) bond motifs is 1. The Hall–Kier alpha value is -3.41. The summed E-state index contributed by atoms with van der Waals surface area (Å²) in [4.78, 5) is 12.9. The van der Waals surface area contributed by atoms with Gasteiger partial charge in [-0.1, -0.05) is 29.4 Å². The van der Waals surface area contributed by atoms with E-state index < -0.39 is 6.10 Å². The largest absolute Gasteiger partial charge is 0.507 e. The second kappa shape index (κ2) is 9.81. The van der Waals surface area contributed by atoms with Crippen molar-refractivity contribution >= 4 is 5.78 Å². The van der Waals surface area contributed by atoms with Crippen LogP contribution in [0.4, 0.5) is 0 Å². The molecule has 3 N–H and O–H groups in total. The molecule has 3 rings (SSSR count). The van der Waals surface area contributed by atoms with Crippen LogP contribution in [0, 0.1) is 0 Å². The van der Waals surface area contributed by atoms with Crippen molar-refractivity contribution in [1.29, 1.82) is 0 Å². The topological polar surface area (TPSA) is 96.2 Å². The normalized spacial score (nSPS) is 15.7. The van der Waals surface area contributed by atoms with Gasteiger partial charge in [0.05, 0.1) is 13.5 Å². The second-order valence-corrected chi connectivity index (χ2v) is 8.34. The van der Waals surface area contributed by atoms with Crippen molar-refractivity contribution in [3.8, 4) is 28.7 Å². The van der Waals surface area contributed by atoms with E-state index in [9.17, 15) is 20.1 Å². The summed E-state index contributed by atoms with van der Waals surface area (Å²) in [7, 11) is 1.45. The highest BCUT2D eigenvalue weighted by Gasteiger charge is 2.32. The molecule has 2 aromatic rings. The summed E-state index contributed by atoms with van der Waals surface area (Å²) in [5.74, 6) is -0.255. The van der Waals surface area contributed by atoms with Crippen LogP contribution in [0.25, 0.3) is 0 Å². The van der Waals surface area contributed by atoms with E-state index in [-0.39, 0.29) is 40.8 Å². The lowest BCUT2D eigenvalue weighted by Crippen LogP contribution is -2.21. The van der Waals surface area contributed by atoms with Gasteiger partial charge >= 0.3 is 0 Å². The third-order valence-corrected chi connectivity index (χ3v) is 5.59. The summed E-state index contributed by atoms with van der Waals surface area (Å²) in [6, 6.07) is 6.17. The summed E-state index contributed by atoms with van der Waals surface area (Å²) in [6.07, 6.45) is 5.62. The smallest absolute Gasteiger partial charge is 0.174 e. The van der Waals surface area contributed by atoms with E-state index in [1.54, 1.807) is 12.1 Å². The van der Waals surface area contributed by atoms with Crippen molar-refractivity contribution in [2.75, 3.05) is 7.11 Å². The minimum absolute atomic E-state index is 0.00805. The monoisotopic (exact) mass is 438 g/mol. The van der Waals surface area contributed by atoms with Gasteiger partial charge in [0.25, 0.3) is 0 Å². The van der Waals surface area contributed by atoms with E-state index in [1.165, 1.54) is 24.8 Å². The number of rotatable bonds is 7. The van der Waals surface area contributed by atoms with Crippen LogP contribution in [0.1, 0.15) is 67.6 Å². The van der Waals surface area contributed by atoms with Crippen LogP contribution in [0.2, 0.25) is 0 Å². The molecule has 0 aliphatic carbocycles. The molecule has 0 aromatic heterocycles. The van der Waals surface area contributed by atoms with Gasteiger partial charge in [0, 0.05) is 11.6 Å². The van der Waals surface area contributed by atoms with Crippen LogP contribution in [0.15, 0.2) is 47.6 Å². The van der Waals surface area contributed by atoms with Crippen LogP contribution in [0.3, 0.4) is 0 Å². The molecule has 1 aliphatic rings. The molecule has 6 heteroatoms. The number of methoxy groups -OCH3 is 1. The Bertz CT molecular complexity index is 1080. The van der Waals surface area contributed by atoms with Crippen molar-refractivity contribution < 1.29 is 29.6 Å². The molecule has 170 valence electrons. The number of ketones is 1. The van der Waals surface area contributed by atoms with Crippen molar-refractivity contribution in [1.82, 2.24) is 0 Å². The van der Waals surface area contributed by atoms with Crippen molar-refractivity contribution in [2.24, 2.45) is 0 Å². The second-order valence-electron chi connectivity index (χ2n) is 8.34. The van der Waals surface area contributed by atoms with Crippen LogP contribution in [-0.2, 0) is 6.42 Å². The number of ether oxygens (including phenoxy) is 2. The number of hydrogen-bond acceptors (Lipinski definition) is 6. The van der Waals surface area contributed by atoms with E-state index in [0.29, 0.717) is 23.3 Å². The lowest BCUT2D eigenvalue weighted by Gasteiger charge is -2.27. The maximum absolute atomic E-state index is 12.9. The van der Waals surface area contributed by atoms with E-state index in [2.05, 4.69) is 19.9 Å². The van der Waals surface area contributed by atoms with Crippen molar-refractivity contribution in [3.05, 3.63) is 64.3 Å². The predicted molar refractivity (Wildman–Crippen MR) is 123 cm³/mol. The molecule has 1 atom stereocenters. The zero-order valence-electron chi connectivity index (χ0n) is 18.9. The first kappa shape index (κ1) is 23.3. The third-order valence-electron chi connectivity index (χ3n) is 5.59. The molecule has 1 aliphatic heterocycles. The summed E-state index contributed by atoms with van der Waals surface area (Å²) in [6.45, 7) is 6.13. The Morgan fingerprint density at radius 1 is 1.12 bits per heavy atom. The SMILES string of the molecule is COc1ccc(C2CC(=O)c3c(cc(O)c(CC=C(C)CCC=C(C)C)c3O)O2)cc1O. The minimum Gasteiger partial charge on any atom is -0.507 e. The first-order valence-electron chi connectivity index (χ1n) is 10.6. The summed E-state index contributed by atoms with van der Waals surface area (Å²) in [5, 5.41) is 31.3. The highest BCUT2D eigenvalue weighted by atomic mass is 16.5. The maximum Gasteiger partial charge on any atom is 0.174 e. The molecule has 0 saturated heterocycles. The van der Waals surface area contributed by atoms with E-state index in [4.69, 9.17) is 9.47 Å². The number of carbonyl (C=O) groups is 1. The number of phenolic OH excluding ortho intramolecular Hbond substituents is 3. The van der Waals surface area contributed by atoms with Gasteiger partial charge in [0.15, 0.2) is 17.3 Å². The van der Waals surface area contributed by atoms with Gasteiger partial charge in [-0.05, 0) is 57.7 Å². The minimum atomic E-state index is -0.645. The Balaban J connectivity index is 1.83. The Kier molecular flexibility index (Phi) is 7.13. The quantitative estimate of drug-likeness (QED) is 0.476. The number of allylic oxidation sites excluding steroid dienone is 4. The lowest BCUT2D eigenvalue weighted by atomic mass is 9.92. The molecule has 32 heavy (non-hydrogen) atoms. The fourth-order valence-electron chi connectivity index (χ4n) is 3.76. The molecule has 1 unspecified atom stereocenters. The molecule has 2 aromatic carbocycles. The van der Waals surface area contributed by atoms with Gasteiger partial charge in [0.1, 0.15) is 28.9 Å². The highest BCUT2D eigenvalue weighted by molar-refractivity contribution is 6.03. The summed E-state index contributed by atoms with van der Waals surface area (Å²) >= 11 is 0. The molecule has 1 heterocycles. The van der Waals surface area contributed by atoms with Gasteiger partial charge in [-0.25, -0.2) is 0 Å². The van der Waals surface area contributed by atoms with Crippen molar-refractivity contribution in [3.63, 3.8) is 0 Å². The number of hydrogen-bond donors (Lipinski definition) is 3. The van der Waals surface area contributed by atoms with Gasteiger partial charge in [-0.15, -0.1) is 0 Å². The van der Waals surface area contributed by atoms with Gasteiger partial charge in [0.2, 0.25) is 0 Å². The lowest BCUT2D eigenvalue weighted by molar-refractivity contribution is 0.0844. The van der Waals surface area contributed by atoms with Crippen LogP contribution in [0.5, 0.6) is 28.7 Å². The van der Waals surface area contributed by atoms with Crippen LogP contribution >= 0.6 is 0 Å². The highest BCUT2D eigenvalue weighted by Crippen LogP contribution is 2.45. The average Bonchev–Trinajstić information content (AvgIpc) is 2.72. The van der Waals surface area contributed by atoms with Gasteiger partial charge < -0.3 is 24.8 Å². The first-order valence-corrected chi connectivity index (χ1v) is 10.6. The molecular weight excluding hydrogens is 408 g/mol. The molecule has 0 amide bonds. The predicted octanol–water partition coefficient (Wildman–Crippen LogP) is 5.75. The first-order chi connectivity index (χ1) is 15.2. The molecular formula is C26H30O6. The number of benzene rings is 2. The zero-order valence-corrected chi connectivity index (χ0v) is 18.9. The van der Waals surface area contributed by atoms with E-state index in [0.717, 1.165) is 18.4 Å². The van der Waals surface area contributed by atoms with E-state index in [1.807, 2.05) is 13.0 Å². The number of carbonyl (C=O) groups excluding carboxylic acids is 1. The third kappa shape index (κ3) is 5.07. The molecule has 0 bridgehead atoms. The summed E-state index contributed by atoms with van der Waals surface area (Å²) in [5.41, 5.74) is 3.40. The van der Waals surface area contributed by atoms with Gasteiger partial charge in [-0.2, -0.15) is 0 Å². The molecule has 6 nitrogen and oxygen atoms in total. The molecule has 0 fully saturated rings. The Labute approximate surface area is 188 Å². The van der Waals surface area contributed by atoms with Gasteiger partial charge in [-0.3, -0.25) is 4.79 Å². The van der Waals surface area contributed by atoms with Crippen LogP contribution in [-0.4, -0.2) is 28.2 Å². The summed E-state index contributed by atoms with van der Waals surface area (Å²) < 4.78 is 11.0. The number of Topliss-reactive ketones (excluding diaryl/α,β-unsaturated/α-hetero) is 1. The van der Waals surface area contributed by atoms with Crippen molar-refractivity contribution in [2.45, 2.75) is 52.6 Å². The average molecular weight is 439 g/mol. The number of phenols is 3. The number of aromatic hydroxyl groups is 3. The Morgan fingerprint density at radius 2 is 1.88 bits per heavy atom. The fourth-order valence-corrected chi connectivity index (χ4v) is 3.76. The standard InChI is InChI=1S/C26H30O6/c1-15(2)6-5-7-16(3)8-10-18-19(27)13-24-25(26(18)30)21(29)14-23(32-24)17-9-11-22(31-4)20(28)12-17/h6,8-9,11-13,23,27-28,30H,5,7,10,14H2,1-4H3. The van der Waals surface area contributed by atoms with Crippen LogP contribution < -0.4 is 9.47 Å². The molecule has 0 spiro atoms. The zero-order chi connectivity index (χ0) is 23.4. The molecule has 0 radical (unpaired) electrons. The fraction of sp³-hybridized carbons (Fsp3) is 0.346. The Morgan fingerprint density at radius 3 is 2.53 bits per heavy atom. The van der Waals surface area contributed by atoms with E-state index >= 15 is 0 Å².